The van der Waals surface area contributed by atoms with Gasteiger partial charge in [0.2, 0.25) is 0 Å². The fourth-order valence-corrected chi connectivity index (χ4v) is 4.16. The van der Waals surface area contributed by atoms with Crippen molar-refractivity contribution in [1.82, 2.24) is 9.55 Å². The van der Waals surface area contributed by atoms with E-state index in [2.05, 4.69) is 6.92 Å². The summed E-state index contributed by atoms with van der Waals surface area (Å²) in [6.45, 7) is 2.52. The number of hydrogen-bond donors (Lipinski definition) is 1. The molecule has 0 fully saturated rings. The molecule has 7 heteroatoms. The topological polar surface area (TPSA) is 106 Å². The number of rotatable bonds is 9. The summed E-state index contributed by atoms with van der Waals surface area (Å²) in [4.78, 5) is 51.8. The molecule has 0 radical (unpaired) electrons. The van der Waals surface area contributed by atoms with Crippen LogP contribution in [-0.4, -0.2) is 33.2 Å². The van der Waals surface area contributed by atoms with Crippen LogP contribution in [0.5, 0.6) is 0 Å². The number of carbonyl (C=O) groups is 3. The monoisotopic (exact) mass is 468 g/mol. The molecule has 1 aromatic heterocycles. The number of aldehydes is 2. The maximum absolute atomic E-state index is 12.5. The zero-order valence-corrected chi connectivity index (χ0v) is 19.2. The minimum atomic E-state index is -0.985. The van der Waals surface area contributed by atoms with Crippen LogP contribution < -0.4 is 5.43 Å². The van der Waals surface area contributed by atoms with Crippen LogP contribution in [0.3, 0.4) is 0 Å². The lowest BCUT2D eigenvalue weighted by Crippen LogP contribution is -2.10. The van der Waals surface area contributed by atoms with Crippen molar-refractivity contribution in [2.24, 2.45) is 0 Å². The van der Waals surface area contributed by atoms with Crippen LogP contribution in [0.25, 0.3) is 22.2 Å². The molecule has 4 aromatic rings. The van der Waals surface area contributed by atoms with Gasteiger partial charge in [-0.05, 0) is 41.3 Å². The molecule has 176 valence electrons. The summed E-state index contributed by atoms with van der Waals surface area (Å²) in [5.41, 5.74) is 2.87. The minimum absolute atomic E-state index is 0.0917. The summed E-state index contributed by atoms with van der Waals surface area (Å²) in [5.74, 6) is -0.184. The van der Waals surface area contributed by atoms with Gasteiger partial charge in [0.05, 0.1) is 27.7 Å². The van der Waals surface area contributed by atoms with Crippen molar-refractivity contribution >= 4 is 29.6 Å². The van der Waals surface area contributed by atoms with E-state index in [0.29, 0.717) is 42.1 Å². The van der Waals surface area contributed by atoms with Crippen LogP contribution >= 0.6 is 0 Å². The molecule has 0 aliphatic rings. The zero-order chi connectivity index (χ0) is 24.9. The average molecular weight is 469 g/mol. The lowest BCUT2D eigenvalue weighted by atomic mass is 9.99. The number of benzene rings is 2. The Hall–Kier alpha value is -4.39. The van der Waals surface area contributed by atoms with E-state index in [1.165, 1.54) is 12.1 Å². The number of fused-ring (bicyclic) bond motifs is 1. The van der Waals surface area contributed by atoms with Crippen molar-refractivity contribution < 1.29 is 19.5 Å². The molecule has 0 bridgehead atoms. The predicted molar refractivity (Wildman–Crippen MR) is 133 cm³/mol. The second kappa shape index (κ2) is 10.3. The highest BCUT2D eigenvalue weighted by atomic mass is 16.4. The SMILES string of the molecule is CCCCc1nc2cc(C=O)c(=O)c(C=O)cc2n1Cc1ccc(-c2ccccc2C(=O)O)cc1. The molecule has 0 saturated heterocycles. The van der Waals surface area contributed by atoms with Gasteiger partial charge in [0.1, 0.15) is 5.82 Å². The van der Waals surface area contributed by atoms with Gasteiger partial charge >= 0.3 is 5.97 Å². The van der Waals surface area contributed by atoms with Gasteiger partial charge in [0.25, 0.3) is 0 Å². The third kappa shape index (κ3) is 4.80. The van der Waals surface area contributed by atoms with Crippen molar-refractivity contribution in [3.8, 4) is 11.1 Å². The molecule has 0 aliphatic carbocycles. The van der Waals surface area contributed by atoms with Crippen LogP contribution in [0.2, 0.25) is 0 Å². The number of carboxylic acid groups (broad SMARTS) is 1. The molecule has 4 rings (SSSR count). The third-order valence-electron chi connectivity index (χ3n) is 5.99. The fourth-order valence-electron chi connectivity index (χ4n) is 4.16. The average Bonchev–Trinajstić information content (AvgIpc) is 3.12. The van der Waals surface area contributed by atoms with E-state index in [0.717, 1.165) is 29.8 Å². The van der Waals surface area contributed by atoms with E-state index in [4.69, 9.17) is 4.98 Å². The number of aromatic carboxylic acids is 1. The Bertz CT molecular complexity index is 1490. The van der Waals surface area contributed by atoms with Gasteiger partial charge < -0.3 is 9.67 Å². The summed E-state index contributed by atoms with van der Waals surface area (Å²) in [6.07, 6.45) is 3.50. The molecule has 1 N–H and O–H groups in total. The summed E-state index contributed by atoms with van der Waals surface area (Å²) in [6, 6.07) is 17.4. The molecule has 7 nitrogen and oxygen atoms in total. The molecule has 0 amide bonds. The Morgan fingerprint density at radius 2 is 1.69 bits per heavy atom. The van der Waals surface area contributed by atoms with Crippen LogP contribution in [0, 0.1) is 0 Å². The van der Waals surface area contributed by atoms with E-state index < -0.39 is 11.4 Å². The third-order valence-corrected chi connectivity index (χ3v) is 5.99. The second-order valence-corrected chi connectivity index (χ2v) is 8.30. The molecule has 0 aliphatic heterocycles. The van der Waals surface area contributed by atoms with Gasteiger partial charge in [-0.15, -0.1) is 0 Å². The van der Waals surface area contributed by atoms with E-state index in [1.54, 1.807) is 24.3 Å². The Balaban J connectivity index is 1.80. The molecule has 0 saturated carbocycles. The van der Waals surface area contributed by atoms with Crippen LogP contribution in [0.15, 0.2) is 65.5 Å². The Kier molecular flexibility index (Phi) is 6.96. The highest BCUT2D eigenvalue weighted by Crippen LogP contribution is 2.25. The number of imidazole rings is 1. The first kappa shape index (κ1) is 23.8. The molecule has 0 unspecified atom stereocenters. The van der Waals surface area contributed by atoms with Crippen molar-refractivity contribution in [1.29, 1.82) is 0 Å². The first-order chi connectivity index (χ1) is 17.0. The predicted octanol–water partition coefficient (Wildman–Crippen LogP) is 4.78. The normalized spacial score (nSPS) is 10.9. The van der Waals surface area contributed by atoms with Crippen LogP contribution in [-0.2, 0) is 13.0 Å². The number of nitrogens with zero attached hydrogens (tertiary/aromatic N) is 2. The number of unbranched alkanes of at least 4 members (excludes halogenated alkanes) is 1. The van der Waals surface area contributed by atoms with Gasteiger partial charge in [-0.25, -0.2) is 9.78 Å². The summed E-state index contributed by atoms with van der Waals surface area (Å²) >= 11 is 0. The molecule has 1 heterocycles. The molecule has 35 heavy (non-hydrogen) atoms. The van der Waals surface area contributed by atoms with Crippen molar-refractivity contribution in [2.45, 2.75) is 32.7 Å². The number of hydrogen-bond acceptors (Lipinski definition) is 5. The smallest absolute Gasteiger partial charge is 0.336 e. The lowest BCUT2D eigenvalue weighted by Gasteiger charge is -2.11. The van der Waals surface area contributed by atoms with Crippen LogP contribution in [0.4, 0.5) is 0 Å². The van der Waals surface area contributed by atoms with Gasteiger partial charge in [-0.1, -0.05) is 55.8 Å². The Morgan fingerprint density at radius 3 is 2.34 bits per heavy atom. The van der Waals surface area contributed by atoms with Crippen molar-refractivity contribution in [3.63, 3.8) is 0 Å². The van der Waals surface area contributed by atoms with Gasteiger partial charge in [0.15, 0.2) is 18.0 Å². The quantitative estimate of drug-likeness (QED) is 0.355. The van der Waals surface area contributed by atoms with E-state index in [1.807, 2.05) is 28.8 Å². The maximum Gasteiger partial charge on any atom is 0.336 e. The lowest BCUT2D eigenvalue weighted by molar-refractivity contribution is 0.0697. The minimum Gasteiger partial charge on any atom is -0.478 e. The fraction of sp³-hybridized carbons (Fsp3) is 0.179. The Morgan fingerprint density at radius 1 is 1.00 bits per heavy atom. The molecule has 0 atom stereocenters. The molecular formula is C28H24N2O5. The summed E-state index contributed by atoms with van der Waals surface area (Å²) in [5, 5.41) is 9.50. The number of aromatic nitrogens is 2. The standard InChI is InChI=1S/C28H24N2O5/c1-2-3-8-26-29-24-13-20(16-31)27(33)21(17-32)14-25(24)30(26)15-18-9-11-19(12-10-18)22-6-4-5-7-23(22)28(34)35/h4-7,9-14,16-17H,2-3,8,15H2,1H3,(H,34,35). The van der Waals surface area contributed by atoms with Gasteiger partial charge in [-0.2, -0.15) is 0 Å². The summed E-state index contributed by atoms with van der Waals surface area (Å²) < 4.78 is 1.96. The largest absolute Gasteiger partial charge is 0.478 e. The van der Waals surface area contributed by atoms with Crippen molar-refractivity contribution in [2.75, 3.05) is 0 Å². The number of carbonyl (C=O) groups excluding carboxylic acids is 2. The Labute approximate surface area is 201 Å². The molecular weight excluding hydrogens is 444 g/mol. The number of aryl methyl sites for hydroxylation is 1. The first-order valence-electron chi connectivity index (χ1n) is 11.4. The highest BCUT2D eigenvalue weighted by Gasteiger charge is 2.15. The second-order valence-electron chi connectivity index (χ2n) is 8.30. The number of carboxylic acids is 1. The van der Waals surface area contributed by atoms with Gasteiger partial charge in [-0.3, -0.25) is 14.4 Å². The van der Waals surface area contributed by atoms with Gasteiger partial charge in [0, 0.05) is 13.0 Å². The highest BCUT2D eigenvalue weighted by molar-refractivity contribution is 5.96. The van der Waals surface area contributed by atoms with Crippen molar-refractivity contribution in [3.05, 3.63) is 99.0 Å². The van der Waals surface area contributed by atoms with E-state index >= 15 is 0 Å². The molecule has 0 spiro atoms. The van der Waals surface area contributed by atoms with Crippen LogP contribution in [0.1, 0.15) is 62.2 Å². The van der Waals surface area contributed by atoms with E-state index in [9.17, 15) is 24.3 Å². The zero-order valence-electron chi connectivity index (χ0n) is 19.2. The summed E-state index contributed by atoms with van der Waals surface area (Å²) in [7, 11) is 0. The molecule has 3 aromatic carbocycles. The first-order valence-corrected chi connectivity index (χ1v) is 11.4. The van der Waals surface area contributed by atoms with E-state index in [-0.39, 0.29) is 16.7 Å². The maximum atomic E-state index is 12.5.